The van der Waals surface area contributed by atoms with Crippen LogP contribution in [0.5, 0.6) is 11.5 Å². The third kappa shape index (κ3) is 5.13. The van der Waals surface area contributed by atoms with E-state index in [2.05, 4.69) is 0 Å². The number of sulfonamides is 1. The fraction of sp³-hybridized carbons (Fsp3) is 0.333. The highest BCUT2D eigenvalue weighted by atomic mass is 32.2. The molecular weight excluding hydrogens is 562 g/mol. The van der Waals surface area contributed by atoms with Crippen LogP contribution in [0.3, 0.4) is 0 Å². The van der Waals surface area contributed by atoms with Gasteiger partial charge in [0, 0.05) is 18.7 Å². The average Bonchev–Trinajstić information content (AvgIpc) is 3.69. The van der Waals surface area contributed by atoms with Crippen LogP contribution in [-0.2, 0) is 21.2 Å². The summed E-state index contributed by atoms with van der Waals surface area (Å²) in [6.07, 6.45) is 3.26. The quantitative estimate of drug-likeness (QED) is 0.274. The van der Waals surface area contributed by atoms with Gasteiger partial charge in [0.2, 0.25) is 0 Å². The van der Waals surface area contributed by atoms with Crippen molar-refractivity contribution in [1.29, 1.82) is 0 Å². The summed E-state index contributed by atoms with van der Waals surface area (Å²) in [6, 6.07) is 17.3. The molecule has 0 bridgehead atoms. The Morgan fingerprint density at radius 1 is 1.05 bits per heavy atom. The van der Waals surface area contributed by atoms with Crippen LogP contribution < -0.4 is 18.7 Å². The summed E-state index contributed by atoms with van der Waals surface area (Å²) in [5.41, 5.74) is 2.70. The number of aryl methyl sites for hydroxylation is 1. The average molecular weight is 594 g/mol. The van der Waals surface area contributed by atoms with Gasteiger partial charge in [0.25, 0.3) is 15.9 Å². The second-order valence-electron chi connectivity index (χ2n) is 10.0. The minimum Gasteiger partial charge on any atom is -0.495 e. The van der Waals surface area contributed by atoms with E-state index in [-0.39, 0.29) is 16.9 Å². The zero-order chi connectivity index (χ0) is 28.6. The number of hydrogen-bond acceptors (Lipinski definition) is 8. The molecule has 41 heavy (non-hydrogen) atoms. The molecule has 6 rings (SSSR count). The number of carbonyl (C=O) groups excluding carboxylic acids is 1. The summed E-state index contributed by atoms with van der Waals surface area (Å²) < 4.78 is 46.4. The van der Waals surface area contributed by atoms with E-state index in [0.29, 0.717) is 53.1 Å². The maximum atomic E-state index is 14.0. The molecule has 0 saturated carbocycles. The summed E-state index contributed by atoms with van der Waals surface area (Å²) in [7, 11) is -0.623. The number of rotatable bonds is 8. The molecule has 9 nitrogen and oxygen atoms in total. The molecule has 1 fully saturated rings. The van der Waals surface area contributed by atoms with Crippen LogP contribution in [0.15, 0.2) is 65.6 Å². The molecule has 0 spiro atoms. The van der Waals surface area contributed by atoms with Crippen LogP contribution in [0, 0.1) is 0 Å². The lowest BCUT2D eigenvalue weighted by molar-refractivity contribution is 0.0917. The molecule has 1 atom stereocenters. The third-order valence-electron chi connectivity index (χ3n) is 7.54. The minimum absolute atomic E-state index is 0.117. The van der Waals surface area contributed by atoms with E-state index in [9.17, 15) is 13.2 Å². The molecule has 3 heterocycles. The molecule has 0 radical (unpaired) electrons. The van der Waals surface area contributed by atoms with Gasteiger partial charge in [-0.25, -0.2) is 13.4 Å². The van der Waals surface area contributed by atoms with E-state index < -0.39 is 10.0 Å². The number of hydrogen-bond donors (Lipinski definition) is 0. The number of anilines is 2. The predicted octanol–water partition coefficient (Wildman–Crippen LogP) is 5.28. The number of thiazole rings is 1. The molecule has 1 saturated heterocycles. The molecular formula is C30H31N3O6S2. The van der Waals surface area contributed by atoms with Crippen LogP contribution in [-0.4, -0.2) is 59.3 Å². The van der Waals surface area contributed by atoms with Crippen molar-refractivity contribution in [3.05, 3.63) is 71.8 Å². The van der Waals surface area contributed by atoms with E-state index in [0.717, 1.165) is 35.9 Å². The maximum absolute atomic E-state index is 14.0. The predicted molar refractivity (Wildman–Crippen MR) is 159 cm³/mol. The Kier molecular flexibility index (Phi) is 7.58. The Balaban J connectivity index is 1.33. The van der Waals surface area contributed by atoms with Gasteiger partial charge in [-0.1, -0.05) is 29.5 Å². The first-order chi connectivity index (χ1) is 19.9. The van der Waals surface area contributed by atoms with E-state index in [1.54, 1.807) is 37.3 Å². The van der Waals surface area contributed by atoms with Crippen LogP contribution in [0.25, 0.3) is 10.2 Å². The third-order valence-corrected chi connectivity index (χ3v) is 10.5. The van der Waals surface area contributed by atoms with Gasteiger partial charge in [-0.15, -0.1) is 0 Å². The molecule has 3 aromatic carbocycles. The highest BCUT2D eigenvalue weighted by Gasteiger charge is 2.31. The topological polar surface area (TPSA) is 98.3 Å². The molecule has 1 unspecified atom stereocenters. The number of ether oxygens (including phenoxy) is 3. The van der Waals surface area contributed by atoms with Crippen molar-refractivity contribution in [3.8, 4) is 11.5 Å². The zero-order valence-electron chi connectivity index (χ0n) is 22.9. The van der Waals surface area contributed by atoms with Crippen LogP contribution in [0.2, 0.25) is 0 Å². The van der Waals surface area contributed by atoms with Gasteiger partial charge in [0.1, 0.15) is 21.7 Å². The fourth-order valence-corrected chi connectivity index (χ4v) is 8.05. The van der Waals surface area contributed by atoms with Crippen molar-refractivity contribution in [2.75, 3.05) is 43.1 Å². The fourth-order valence-electron chi connectivity index (χ4n) is 5.43. The Morgan fingerprint density at radius 3 is 2.54 bits per heavy atom. The largest absolute Gasteiger partial charge is 0.495 e. The second kappa shape index (κ2) is 11.3. The molecule has 11 heteroatoms. The second-order valence-corrected chi connectivity index (χ2v) is 12.9. The lowest BCUT2D eigenvalue weighted by Crippen LogP contribution is -2.37. The van der Waals surface area contributed by atoms with Gasteiger partial charge in [0.15, 0.2) is 5.13 Å². The monoisotopic (exact) mass is 593 g/mol. The van der Waals surface area contributed by atoms with Crippen molar-refractivity contribution in [2.24, 2.45) is 0 Å². The molecule has 1 aromatic heterocycles. The summed E-state index contributed by atoms with van der Waals surface area (Å²) in [5, 5.41) is 0.491. The van der Waals surface area contributed by atoms with Gasteiger partial charge in [-0.3, -0.25) is 14.0 Å². The summed E-state index contributed by atoms with van der Waals surface area (Å²) in [6.45, 7) is 1.40. The van der Waals surface area contributed by atoms with Crippen LogP contribution in [0.4, 0.5) is 10.8 Å². The first kappa shape index (κ1) is 27.5. The maximum Gasteiger partial charge on any atom is 0.264 e. The van der Waals surface area contributed by atoms with Crippen molar-refractivity contribution in [1.82, 2.24) is 4.98 Å². The molecule has 4 aromatic rings. The lowest BCUT2D eigenvalue weighted by Gasteiger charge is -2.30. The Bertz CT molecular complexity index is 1640. The number of para-hydroxylation sites is 1. The van der Waals surface area contributed by atoms with E-state index in [1.807, 2.05) is 30.3 Å². The molecule has 0 aliphatic carbocycles. The Hall–Kier alpha value is -3.67. The normalized spacial score (nSPS) is 16.9. The molecule has 0 N–H and O–H groups in total. The summed E-state index contributed by atoms with van der Waals surface area (Å²) in [4.78, 5) is 20.5. The first-order valence-corrected chi connectivity index (χ1v) is 15.8. The summed E-state index contributed by atoms with van der Waals surface area (Å²) >= 11 is 1.34. The standard InChI is InChI=1S/C30H31N3O6S2/c1-37-25-15-16-26(38-2)28-27(25)31-30(40-28)32(19-22-9-6-18-39-22)29(34)21-11-13-23(14-12-21)41(35,36)33-17-5-8-20-7-3-4-10-24(20)33/h3-4,7,10-16,22H,5-6,8-9,17-19H2,1-2H3. The number of carbonyl (C=O) groups is 1. The molecule has 2 aliphatic rings. The number of methoxy groups -OCH3 is 2. The number of aromatic nitrogens is 1. The minimum atomic E-state index is -3.79. The number of benzene rings is 3. The van der Waals surface area contributed by atoms with Crippen molar-refractivity contribution >= 4 is 48.3 Å². The van der Waals surface area contributed by atoms with Crippen molar-refractivity contribution in [2.45, 2.75) is 36.7 Å². The van der Waals surface area contributed by atoms with Crippen LogP contribution >= 0.6 is 11.3 Å². The van der Waals surface area contributed by atoms with Gasteiger partial charge < -0.3 is 14.2 Å². The van der Waals surface area contributed by atoms with Gasteiger partial charge >= 0.3 is 0 Å². The highest BCUT2D eigenvalue weighted by molar-refractivity contribution is 7.92. The van der Waals surface area contributed by atoms with Gasteiger partial charge in [0.05, 0.1) is 37.5 Å². The number of nitrogens with zero attached hydrogens (tertiary/aromatic N) is 3. The van der Waals surface area contributed by atoms with E-state index in [4.69, 9.17) is 19.2 Å². The van der Waals surface area contributed by atoms with Gasteiger partial charge in [-0.2, -0.15) is 0 Å². The molecule has 1 amide bonds. The SMILES string of the molecule is COc1ccc(OC)c2sc(N(CC3CCCO3)C(=O)c3ccc(S(=O)(=O)N4CCCc5ccccc54)cc3)nc12. The van der Waals surface area contributed by atoms with Crippen molar-refractivity contribution < 1.29 is 27.4 Å². The summed E-state index contributed by atoms with van der Waals surface area (Å²) in [5.74, 6) is 0.939. The van der Waals surface area contributed by atoms with E-state index >= 15 is 0 Å². The number of amides is 1. The highest BCUT2D eigenvalue weighted by Crippen LogP contribution is 2.41. The first-order valence-electron chi connectivity index (χ1n) is 13.6. The molecule has 2 aliphatic heterocycles. The number of fused-ring (bicyclic) bond motifs is 2. The Morgan fingerprint density at radius 2 is 1.80 bits per heavy atom. The Labute approximate surface area is 243 Å². The zero-order valence-corrected chi connectivity index (χ0v) is 24.5. The lowest BCUT2D eigenvalue weighted by atomic mass is 10.0. The van der Waals surface area contributed by atoms with Crippen molar-refractivity contribution in [3.63, 3.8) is 0 Å². The van der Waals surface area contributed by atoms with Gasteiger partial charge in [-0.05, 0) is 73.7 Å². The van der Waals surface area contributed by atoms with Crippen LogP contribution in [0.1, 0.15) is 35.2 Å². The van der Waals surface area contributed by atoms with E-state index in [1.165, 1.54) is 27.8 Å². The molecule has 214 valence electrons. The smallest absolute Gasteiger partial charge is 0.264 e.